The molecule has 2 aromatic carbocycles. The molecule has 2 amide bonds. The molecule has 2 N–H and O–H groups in total. The molecule has 25 heavy (non-hydrogen) atoms. The Balaban J connectivity index is 1.60. The molecule has 0 saturated carbocycles. The lowest BCUT2D eigenvalue weighted by Gasteiger charge is -2.30. The fourth-order valence-corrected chi connectivity index (χ4v) is 2.73. The second-order valence-corrected chi connectivity index (χ2v) is 5.76. The number of ether oxygens (including phenoxy) is 1. The van der Waals surface area contributed by atoms with Crippen LogP contribution in [0.15, 0.2) is 54.6 Å². The van der Waals surface area contributed by atoms with Crippen molar-refractivity contribution >= 4 is 28.9 Å². The molecule has 0 atom stereocenters. The van der Waals surface area contributed by atoms with Crippen LogP contribution >= 0.6 is 0 Å². The first-order valence-corrected chi connectivity index (χ1v) is 8.29. The van der Waals surface area contributed by atoms with E-state index in [1.165, 1.54) is 0 Å². The normalized spacial score (nSPS) is 14.0. The van der Waals surface area contributed by atoms with Crippen molar-refractivity contribution in [3.8, 4) is 0 Å². The first-order valence-electron chi connectivity index (χ1n) is 8.29. The molecule has 6 heteroatoms. The lowest BCUT2D eigenvalue weighted by Crippen LogP contribution is -2.36. The molecule has 0 radical (unpaired) electrons. The summed E-state index contributed by atoms with van der Waals surface area (Å²) in [5, 5.41) is 5.55. The summed E-state index contributed by atoms with van der Waals surface area (Å²) in [6.07, 6.45) is -0.230. The number of carbonyl (C=O) groups is 2. The molecule has 1 saturated heterocycles. The molecule has 130 valence electrons. The van der Waals surface area contributed by atoms with Gasteiger partial charge in [0, 0.05) is 18.8 Å². The van der Waals surface area contributed by atoms with Crippen LogP contribution in [0, 0.1) is 0 Å². The summed E-state index contributed by atoms with van der Waals surface area (Å²) in [5.41, 5.74) is 2.33. The van der Waals surface area contributed by atoms with Crippen LogP contribution in [0.2, 0.25) is 0 Å². The summed E-state index contributed by atoms with van der Waals surface area (Å²) in [5.74, 6) is -0.679. The fraction of sp³-hybridized carbons (Fsp3) is 0.263. The van der Waals surface area contributed by atoms with E-state index in [0.717, 1.165) is 18.8 Å². The number of nitrogens with one attached hydrogen (secondary N) is 2. The number of benzene rings is 2. The van der Waals surface area contributed by atoms with E-state index < -0.39 is 0 Å². The van der Waals surface area contributed by atoms with E-state index in [1.807, 2.05) is 42.5 Å². The number of rotatable bonds is 5. The summed E-state index contributed by atoms with van der Waals surface area (Å²) in [4.78, 5) is 26.4. The van der Waals surface area contributed by atoms with Gasteiger partial charge in [0.05, 0.1) is 24.6 Å². The number of amides is 2. The van der Waals surface area contributed by atoms with Gasteiger partial charge in [-0.25, -0.2) is 0 Å². The van der Waals surface area contributed by atoms with Gasteiger partial charge in [-0.05, 0) is 24.3 Å². The van der Waals surface area contributed by atoms with Gasteiger partial charge >= 0.3 is 0 Å². The topological polar surface area (TPSA) is 70.7 Å². The smallest absolute Gasteiger partial charge is 0.233 e. The van der Waals surface area contributed by atoms with Crippen molar-refractivity contribution in [3.63, 3.8) is 0 Å². The summed E-state index contributed by atoms with van der Waals surface area (Å²) in [6, 6.07) is 16.7. The number of anilines is 3. The van der Waals surface area contributed by atoms with Gasteiger partial charge in [0.15, 0.2) is 0 Å². The molecule has 0 aromatic heterocycles. The minimum Gasteiger partial charge on any atom is -0.378 e. The van der Waals surface area contributed by atoms with Crippen molar-refractivity contribution in [1.29, 1.82) is 0 Å². The van der Waals surface area contributed by atoms with Gasteiger partial charge in [-0.2, -0.15) is 0 Å². The lowest BCUT2D eigenvalue weighted by molar-refractivity contribution is -0.123. The predicted molar refractivity (Wildman–Crippen MR) is 97.8 cm³/mol. The molecule has 1 aliphatic rings. The molecule has 1 aliphatic heterocycles. The van der Waals surface area contributed by atoms with Crippen LogP contribution in [0.5, 0.6) is 0 Å². The number of carbonyl (C=O) groups excluding carboxylic acids is 2. The Hall–Kier alpha value is -2.86. The second-order valence-electron chi connectivity index (χ2n) is 5.76. The highest BCUT2D eigenvalue weighted by Crippen LogP contribution is 2.26. The molecule has 6 nitrogen and oxygen atoms in total. The molecular weight excluding hydrogens is 318 g/mol. The first kappa shape index (κ1) is 17.0. The van der Waals surface area contributed by atoms with Crippen molar-refractivity contribution in [2.45, 2.75) is 6.42 Å². The van der Waals surface area contributed by atoms with Crippen molar-refractivity contribution < 1.29 is 14.3 Å². The maximum absolute atomic E-state index is 12.2. The van der Waals surface area contributed by atoms with E-state index >= 15 is 0 Å². The number of para-hydroxylation sites is 3. The highest BCUT2D eigenvalue weighted by Gasteiger charge is 2.17. The Morgan fingerprint density at radius 3 is 2.28 bits per heavy atom. The first-order chi connectivity index (χ1) is 12.2. The van der Waals surface area contributed by atoms with Crippen molar-refractivity contribution in [3.05, 3.63) is 54.6 Å². The van der Waals surface area contributed by atoms with Gasteiger partial charge in [-0.15, -0.1) is 0 Å². The molecule has 0 unspecified atom stereocenters. The Morgan fingerprint density at radius 1 is 0.880 bits per heavy atom. The standard InChI is InChI=1S/C19H21N3O3/c23-18(20-15-6-2-1-3-7-15)14-19(24)21-16-8-4-5-9-17(16)22-10-12-25-13-11-22/h1-9H,10-14H2,(H,20,23)(H,21,24). The van der Waals surface area contributed by atoms with Crippen LogP contribution in [0.25, 0.3) is 0 Å². The van der Waals surface area contributed by atoms with Crippen molar-refractivity contribution in [2.75, 3.05) is 41.8 Å². The number of nitrogens with zero attached hydrogens (tertiary/aromatic N) is 1. The zero-order valence-corrected chi connectivity index (χ0v) is 13.9. The quantitative estimate of drug-likeness (QED) is 0.821. The van der Waals surface area contributed by atoms with Crippen LogP contribution in [0.3, 0.4) is 0 Å². The third-order valence-electron chi connectivity index (χ3n) is 3.91. The van der Waals surface area contributed by atoms with Crippen LogP contribution < -0.4 is 15.5 Å². The second kappa shape index (κ2) is 8.30. The molecule has 0 spiro atoms. The zero-order chi connectivity index (χ0) is 17.5. The molecule has 0 bridgehead atoms. The molecule has 3 rings (SSSR count). The Labute approximate surface area is 146 Å². The van der Waals surface area contributed by atoms with Gasteiger partial charge in [0.1, 0.15) is 6.42 Å². The lowest BCUT2D eigenvalue weighted by atomic mass is 10.2. The number of hydrogen-bond acceptors (Lipinski definition) is 4. The maximum atomic E-state index is 12.2. The van der Waals surface area contributed by atoms with Gasteiger partial charge in [-0.3, -0.25) is 9.59 Å². The number of hydrogen-bond donors (Lipinski definition) is 2. The van der Waals surface area contributed by atoms with Crippen LogP contribution in [0.1, 0.15) is 6.42 Å². The highest BCUT2D eigenvalue weighted by atomic mass is 16.5. The van der Waals surface area contributed by atoms with E-state index in [2.05, 4.69) is 15.5 Å². The average Bonchev–Trinajstić information content (AvgIpc) is 2.63. The summed E-state index contributed by atoms with van der Waals surface area (Å²) < 4.78 is 5.37. The average molecular weight is 339 g/mol. The minimum atomic E-state index is -0.340. The molecular formula is C19H21N3O3. The van der Waals surface area contributed by atoms with E-state index in [-0.39, 0.29) is 18.2 Å². The third kappa shape index (κ3) is 4.81. The predicted octanol–water partition coefficient (Wildman–Crippen LogP) is 2.49. The fourth-order valence-electron chi connectivity index (χ4n) is 2.73. The van der Waals surface area contributed by atoms with E-state index in [4.69, 9.17) is 4.74 Å². The number of morpholine rings is 1. The van der Waals surface area contributed by atoms with Gasteiger partial charge in [0.2, 0.25) is 11.8 Å². The third-order valence-corrected chi connectivity index (χ3v) is 3.91. The summed E-state index contributed by atoms with van der Waals surface area (Å²) in [6.45, 7) is 2.90. The molecule has 2 aromatic rings. The Kier molecular flexibility index (Phi) is 5.64. The summed E-state index contributed by atoms with van der Waals surface area (Å²) >= 11 is 0. The summed E-state index contributed by atoms with van der Waals surface area (Å²) in [7, 11) is 0. The molecule has 1 fully saturated rings. The van der Waals surface area contributed by atoms with E-state index in [1.54, 1.807) is 12.1 Å². The minimum absolute atomic E-state index is 0.230. The van der Waals surface area contributed by atoms with Crippen molar-refractivity contribution in [1.82, 2.24) is 0 Å². The van der Waals surface area contributed by atoms with Gasteiger partial charge in [0.25, 0.3) is 0 Å². The highest BCUT2D eigenvalue weighted by molar-refractivity contribution is 6.08. The van der Waals surface area contributed by atoms with Gasteiger partial charge < -0.3 is 20.3 Å². The Bertz CT molecular complexity index is 728. The SMILES string of the molecule is O=C(CC(=O)Nc1ccccc1N1CCOCC1)Nc1ccccc1. The van der Waals surface area contributed by atoms with Crippen LogP contribution in [0.4, 0.5) is 17.1 Å². The molecule has 0 aliphatic carbocycles. The Morgan fingerprint density at radius 2 is 1.52 bits per heavy atom. The van der Waals surface area contributed by atoms with Gasteiger partial charge in [-0.1, -0.05) is 30.3 Å². The monoisotopic (exact) mass is 339 g/mol. The largest absolute Gasteiger partial charge is 0.378 e. The van der Waals surface area contributed by atoms with E-state index in [9.17, 15) is 9.59 Å². The van der Waals surface area contributed by atoms with Crippen LogP contribution in [-0.4, -0.2) is 38.1 Å². The van der Waals surface area contributed by atoms with Crippen LogP contribution in [-0.2, 0) is 14.3 Å². The molecule has 1 heterocycles. The van der Waals surface area contributed by atoms with E-state index in [0.29, 0.717) is 24.6 Å². The maximum Gasteiger partial charge on any atom is 0.233 e. The van der Waals surface area contributed by atoms with Crippen molar-refractivity contribution in [2.24, 2.45) is 0 Å². The zero-order valence-electron chi connectivity index (χ0n) is 13.9.